The van der Waals surface area contributed by atoms with Gasteiger partial charge in [-0.3, -0.25) is 4.79 Å². The lowest BCUT2D eigenvalue weighted by molar-refractivity contribution is -0.128. The summed E-state index contributed by atoms with van der Waals surface area (Å²) in [5.74, 6) is 1.44. The first-order valence-corrected chi connectivity index (χ1v) is 8.12. The number of nitrogens with one attached hydrogen (secondary N) is 2. The fraction of sp³-hybridized carbons (Fsp3) is 0.625. The summed E-state index contributed by atoms with van der Waals surface area (Å²) in [4.78, 5) is 30.2. The first-order chi connectivity index (χ1) is 10.9. The van der Waals surface area contributed by atoms with Crippen molar-refractivity contribution in [3.8, 4) is 0 Å². The third kappa shape index (κ3) is 3.43. The van der Waals surface area contributed by atoms with Crippen molar-refractivity contribution in [3.05, 3.63) is 12.7 Å². The molecule has 0 radical (unpaired) electrons. The fourth-order valence-electron chi connectivity index (χ4n) is 2.92. The van der Waals surface area contributed by atoms with E-state index in [1.807, 2.05) is 20.8 Å². The number of rotatable bonds is 3. The van der Waals surface area contributed by atoms with Crippen LogP contribution in [0.4, 0.5) is 5.82 Å². The summed E-state index contributed by atoms with van der Waals surface area (Å²) >= 11 is 0. The lowest BCUT2D eigenvalue weighted by Gasteiger charge is -2.34. The summed E-state index contributed by atoms with van der Waals surface area (Å²) < 4.78 is 0. The highest BCUT2D eigenvalue weighted by Gasteiger charge is 2.26. The number of hydrogen-bond acceptors (Lipinski definition) is 5. The van der Waals surface area contributed by atoms with Crippen LogP contribution in [-0.4, -0.2) is 45.5 Å². The maximum atomic E-state index is 12.0. The molecule has 1 aliphatic rings. The van der Waals surface area contributed by atoms with E-state index in [4.69, 9.17) is 0 Å². The predicted octanol–water partition coefficient (Wildman–Crippen LogP) is 1.73. The number of piperidine rings is 1. The Labute approximate surface area is 135 Å². The van der Waals surface area contributed by atoms with Crippen LogP contribution < -0.4 is 10.2 Å². The van der Waals surface area contributed by atoms with Crippen LogP contribution in [0.15, 0.2) is 12.7 Å². The van der Waals surface area contributed by atoms with Crippen LogP contribution in [0.25, 0.3) is 11.2 Å². The number of anilines is 1. The number of carbonyl (C=O) groups is 1. The van der Waals surface area contributed by atoms with Crippen LogP contribution in [0.1, 0.15) is 33.6 Å². The van der Waals surface area contributed by atoms with Crippen LogP contribution in [0.2, 0.25) is 0 Å². The van der Waals surface area contributed by atoms with Crippen LogP contribution in [0, 0.1) is 11.3 Å². The van der Waals surface area contributed by atoms with Crippen molar-refractivity contribution in [2.24, 2.45) is 11.3 Å². The molecule has 2 N–H and O–H groups in total. The van der Waals surface area contributed by atoms with Gasteiger partial charge in [-0.25, -0.2) is 15.0 Å². The average molecular weight is 316 g/mol. The van der Waals surface area contributed by atoms with Gasteiger partial charge in [-0.15, -0.1) is 0 Å². The van der Waals surface area contributed by atoms with Gasteiger partial charge in [0.15, 0.2) is 11.5 Å². The summed E-state index contributed by atoms with van der Waals surface area (Å²) in [5.41, 5.74) is 1.23. The Balaban J connectivity index is 1.67. The molecule has 1 unspecified atom stereocenters. The van der Waals surface area contributed by atoms with E-state index in [1.165, 1.54) is 0 Å². The molecule has 1 amide bonds. The fourth-order valence-corrected chi connectivity index (χ4v) is 2.92. The number of H-pyrrole nitrogens is 1. The quantitative estimate of drug-likeness (QED) is 0.900. The molecule has 1 fully saturated rings. The standard InChI is InChI=1S/C16H24N6O/c1-16(2,3)15(23)17-7-11-5-4-6-22(8-11)14-12-13(19-9-18-12)20-10-21-14/h9-11H,4-8H2,1-3H3,(H,17,23)(H,18,19,20,21). The monoisotopic (exact) mass is 316 g/mol. The molecule has 0 bridgehead atoms. The topological polar surface area (TPSA) is 86.8 Å². The van der Waals surface area contributed by atoms with Gasteiger partial charge in [0.05, 0.1) is 6.33 Å². The van der Waals surface area contributed by atoms with Crippen molar-refractivity contribution in [2.75, 3.05) is 24.5 Å². The van der Waals surface area contributed by atoms with Crippen LogP contribution in [-0.2, 0) is 4.79 Å². The van der Waals surface area contributed by atoms with E-state index in [9.17, 15) is 4.79 Å². The molecule has 2 aromatic heterocycles. The van der Waals surface area contributed by atoms with Gasteiger partial charge in [-0.05, 0) is 18.8 Å². The number of carbonyl (C=O) groups excluding carboxylic acids is 1. The predicted molar refractivity (Wildman–Crippen MR) is 89.1 cm³/mol. The molecule has 3 heterocycles. The molecule has 1 atom stereocenters. The van der Waals surface area contributed by atoms with E-state index in [-0.39, 0.29) is 11.3 Å². The van der Waals surface area contributed by atoms with Gasteiger partial charge in [0.25, 0.3) is 0 Å². The largest absolute Gasteiger partial charge is 0.355 e. The second-order valence-corrected chi connectivity index (χ2v) is 7.21. The molecule has 0 saturated carbocycles. The van der Waals surface area contributed by atoms with Crippen LogP contribution in [0.5, 0.6) is 0 Å². The van der Waals surface area contributed by atoms with Crippen LogP contribution >= 0.6 is 0 Å². The minimum atomic E-state index is -0.344. The Hall–Kier alpha value is -2.18. The normalized spacial score (nSPS) is 19.1. The first-order valence-electron chi connectivity index (χ1n) is 8.12. The Morgan fingerprint density at radius 1 is 1.39 bits per heavy atom. The highest BCUT2D eigenvalue weighted by molar-refractivity contribution is 5.83. The van der Waals surface area contributed by atoms with E-state index in [2.05, 4.69) is 30.2 Å². The zero-order valence-corrected chi connectivity index (χ0v) is 14.0. The second kappa shape index (κ2) is 6.14. The summed E-state index contributed by atoms with van der Waals surface area (Å²) in [7, 11) is 0. The van der Waals surface area contributed by atoms with Gasteiger partial charge in [0, 0.05) is 25.0 Å². The molecule has 23 heavy (non-hydrogen) atoms. The number of hydrogen-bond donors (Lipinski definition) is 2. The third-order valence-corrected chi connectivity index (χ3v) is 4.25. The zero-order chi connectivity index (χ0) is 16.4. The average Bonchev–Trinajstić information content (AvgIpc) is 3.00. The number of amides is 1. The molecule has 1 aliphatic heterocycles. The molecule has 7 heteroatoms. The van der Waals surface area contributed by atoms with Gasteiger partial charge in [-0.2, -0.15) is 0 Å². The van der Waals surface area contributed by atoms with Crippen molar-refractivity contribution in [1.29, 1.82) is 0 Å². The van der Waals surface area contributed by atoms with Crippen molar-refractivity contribution in [3.63, 3.8) is 0 Å². The van der Waals surface area contributed by atoms with Crippen molar-refractivity contribution < 1.29 is 4.79 Å². The lowest BCUT2D eigenvalue weighted by Crippen LogP contribution is -2.43. The molecule has 7 nitrogen and oxygen atoms in total. The van der Waals surface area contributed by atoms with Gasteiger partial charge < -0.3 is 15.2 Å². The SMILES string of the molecule is CC(C)(C)C(=O)NCC1CCCN(c2ncnc3nc[nH]c23)C1. The highest BCUT2D eigenvalue weighted by atomic mass is 16.2. The van der Waals surface area contributed by atoms with Gasteiger partial charge in [0.2, 0.25) is 5.91 Å². The van der Waals surface area contributed by atoms with E-state index in [0.29, 0.717) is 18.1 Å². The van der Waals surface area contributed by atoms with E-state index in [1.54, 1.807) is 12.7 Å². The zero-order valence-electron chi connectivity index (χ0n) is 14.0. The van der Waals surface area contributed by atoms with E-state index in [0.717, 1.165) is 37.3 Å². The Morgan fingerprint density at radius 3 is 3.00 bits per heavy atom. The maximum absolute atomic E-state index is 12.0. The highest BCUT2D eigenvalue weighted by Crippen LogP contribution is 2.25. The van der Waals surface area contributed by atoms with Crippen molar-refractivity contribution >= 4 is 22.9 Å². The molecule has 2 aromatic rings. The van der Waals surface area contributed by atoms with Gasteiger partial charge in [-0.1, -0.05) is 20.8 Å². The Bertz CT molecular complexity index is 689. The van der Waals surface area contributed by atoms with Crippen LogP contribution in [0.3, 0.4) is 0 Å². The number of fused-ring (bicyclic) bond motifs is 1. The number of aromatic amines is 1. The molecule has 3 rings (SSSR count). The molecule has 0 aliphatic carbocycles. The summed E-state index contributed by atoms with van der Waals surface area (Å²) in [6.07, 6.45) is 5.42. The summed E-state index contributed by atoms with van der Waals surface area (Å²) in [6, 6.07) is 0. The third-order valence-electron chi connectivity index (χ3n) is 4.25. The lowest BCUT2D eigenvalue weighted by atomic mass is 9.94. The van der Waals surface area contributed by atoms with Crippen molar-refractivity contribution in [1.82, 2.24) is 25.3 Å². The number of nitrogens with zero attached hydrogens (tertiary/aromatic N) is 4. The smallest absolute Gasteiger partial charge is 0.225 e. The molecule has 0 aromatic carbocycles. The van der Waals surface area contributed by atoms with Gasteiger partial charge >= 0.3 is 0 Å². The summed E-state index contributed by atoms with van der Waals surface area (Å²) in [6.45, 7) is 8.37. The molecule has 1 saturated heterocycles. The summed E-state index contributed by atoms with van der Waals surface area (Å²) in [5, 5.41) is 3.08. The second-order valence-electron chi connectivity index (χ2n) is 7.21. The Morgan fingerprint density at radius 2 is 2.22 bits per heavy atom. The number of aromatic nitrogens is 4. The minimum absolute atomic E-state index is 0.104. The molecular weight excluding hydrogens is 292 g/mol. The first kappa shape index (κ1) is 15.7. The Kier molecular flexibility index (Phi) is 4.19. The van der Waals surface area contributed by atoms with E-state index >= 15 is 0 Å². The maximum Gasteiger partial charge on any atom is 0.225 e. The molecule has 0 spiro atoms. The van der Waals surface area contributed by atoms with Crippen molar-refractivity contribution in [2.45, 2.75) is 33.6 Å². The minimum Gasteiger partial charge on any atom is -0.355 e. The molecular formula is C16H24N6O. The van der Waals surface area contributed by atoms with Gasteiger partial charge in [0.1, 0.15) is 11.8 Å². The molecule has 124 valence electrons. The van der Waals surface area contributed by atoms with E-state index < -0.39 is 0 Å². The number of imidazole rings is 1.